The number of nitrogens with zero attached hydrogens (tertiary/aromatic N) is 5. The molecule has 1 aliphatic rings. The van der Waals surface area contributed by atoms with E-state index in [4.69, 9.17) is 0 Å². The van der Waals surface area contributed by atoms with Crippen LogP contribution in [0.4, 0.5) is 0 Å². The monoisotopic (exact) mass is 376 g/mol. The molecule has 1 saturated carbocycles. The van der Waals surface area contributed by atoms with Crippen LogP contribution >= 0.6 is 23.1 Å². The first-order valence-electron chi connectivity index (χ1n) is 7.84. The molecule has 0 aromatic carbocycles. The van der Waals surface area contributed by atoms with Gasteiger partial charge in [0.1, 0.15) is 17.5 Å². The van der Waals surface area contributed by atoms with E-state index in [1.807, 2.05) is 18.4 Å². The van der Waals surface area contributed by atoms with Crippen molar-refractivity contribution in [2.75, 3.05) is 11.2 Å². The number of carbonyl (C=O) groups is 1. The first kappa shape index (κ1) is 16.3. The van der Waals surface area contributed by atoms with Gasteiger partial charge in [-0.15, -0.1) is 21.5 Å². The summed E-state index contributed by atoms with van der Waals surface area (Å²) in [7, 11) is 0. The Labute approximate surface area is 151 Å². The van der Waals surface area contributed by atoms with Crippen LogP contribution in [-0.4, -0.2) is 36.1 Å². The fraction of sp³-hybridized carbons (Fsp3) is 0.400. The van der Waals surface area contributed by atoms with Gasteiger partial charge in [-0.25, -0.2) is 9.66 Å². The number of thioether (sulfide) groups is 1. The topological polar surface area (TPSA) is 94.7 Å². The molecule has 0 bridgehead atoms. The minimum atomic E-state index is -0.289. The number of amides is 1. The number of carbonyl (C=O) groups excluding carboxylic acids is 1. The van der Waals surface area contributed by atoms with Crippen molar-refractivity contribution in [3.05, 3.63) is 33.4 Å². The third-order valence-electron chi connectivity index (χ3n) is 4.15. The Morgan fingerprint density at radius 1 is 1.40 bits per heavy atom. The molecular formula is C15H16N6O2S2. The van der Waals surface area contributed by atoms with E-state index < -0.39 is 0 Å². The Bertz CT molecular complexity index is 1020. The van der Waals surface area contributed by atoms with Gasteiger partial charge in [0.25, 0.3) is 5.56 Å². The Morgan fingerprint density at radius 2 is 2.20 bits per heavy atom. The van der Waals surface area contributed by atoms with Crippen molar-refractivity contribution in [1.82, 2.24) is 24.4 Å². The van der Waals surface area contributed by atoms with Gasteiger partial charge in [-0.2, -0.15) is 0 Å². The molecule has 1 fully saturated rings. The summed E-state index contributed by atoms with van der Waals surface area (Å²) in [4.78, 5) is 30.8. The molecule has 0 spiro atoms. The molecule has 4 rings (SSSR count). The lowest BCUT2D eigenvalue weighted by molar-refractivity contribution is -0.114. The van der Waals surface area contributed by atoms with Crippen LogP contribution in [0.15, 0.2) is 22.6 Å². The van der Waals surface area contributed by atoms with Gasteiger partial charge in [0.15, 0.2) is 5.16 Å². The first-order chi connectivity index (χ1) is 12.0. The lowest BCUT2D eigenvalue weighted by Crippen LogP contribution is -2.34. The zero-order valence-electron chi connectivity index (χ0n) is 13.7. The van der Waals surface area contributed by atoms with Gasteiger partial charge < -0.3 is 4.57 Å². The molecule has 0 unspecified atom stereocenters. The third-order valence-corrected chi connectivity index (χ3v) is 6.22. The summed E-state index contributed by atoms with van der Waals surface area (Å²) in [6, 6.07) is 0.458. The van der Waals surface area contributed by atoms with Crippen LogP contribution in [0.2, 0.25) is 0 Å². The van der Waals surface area contributed by atoms with Gasteiger partial charge in [-0.05, 0) is 32.3 Å². The maximum Gasteiger partial charge on any atom is 0.281 e. The number of hydrogen-bond acceptors (Lipinski definition) is 7. The molecular weight excluding hydrogens is 360 g/mol. The van der Waals surface area contributed by atoms with Crippen molar-refractivity contribution in [2.45, 2.75) is 37.9 Å². The zero-order chi connectivity index (χ0) is 17.6. The molecule has 0 aliphatic heterocycles. The van der Waals surface area contributed by atoms with E-state index in [9.17, 15) is 9.59 Å². The number of thiophene rings is 1. The SMILES string of the molecule is Cc1sc2ncn(NC(=O)CSc3nncn3C3CC3)c(=O)c2c1C. The predicted molar refractivity (Wildman–Crippen MR) is 96.7 cm³/mol. The van der Waals surface area contributed by atoms with Crippen LogP contribution in [0.25, 0.3) is 10.2 Å². The molecule has 0 radical (unpaired) electrons. The summed E-state index contributed by atoms with van der Waals surface area (Å²) in [6.45, 7) is 3.85. The Morgan fingerprint density at radius 3 is 2.96 bits per heavy atom. The molecule has 1 N–H and O–H groups in total. The predicted octanol–water partition coefficient (Wildman–Crippen LogP) is 1.86. The van der Waals surface area contributed by atoms with Crippen LogP contribution in [-0.2, 0) is 4.79 Å². The van der Waals surface area contributed by atoms with E-state index in [1.54, 1.807) is 6.33 Å². The van der Waals surface area contributed by atoms with E-state index in [2.05, 4.69) is 20.6 Å². The highest BCUT2D eigenvalue weighted by Gasteiger charge is 2.26. The lowest BCUT2D eigenvalue weighted by atomic mass is 10.2. The summed E-state index contributed by atoms with van der Waals surface area (Å²) in [6.07, 6.45) is 5.30. The highest BCUT2D eigenvalue weighted by molar-refractivity contribution is 7.99. The fourth-order valence-electron chi connectivity index (χ4n) is 2.55. The van der Waals surface area contributed by atoms with Gasteiger partial charge in [-0.1, -0.05) is 11.8 Å². The van der Waals surface area contributed by atoms with Crippen molar-refractivity contribution < 1.29 is 4.79 Å². The number of aromatic nitrogens is 5. The van der Waals surface area contributed by atoms with Crippen molar-refractivity contribution in [1.29, 1.82) is 0 Å². The van der Waals surface area contributed by atoms with Crippen molar-refractivity contribution in [3.8, 4) is 0 Å². The van der Waals surface area contributed by atoms with Gasteiger partial charge in [0.2, 0.25) is 5.91 Å². The van der Waals surface area contributed by atoms with Gasteiger partial charge in [-0.3, -0.25) is 15.0 Å². The highest BCUT2D eigenvalue weighted by Crippen LogP contribution is 2.37. The van der Waals surface area contributed by atoms with Gasteiger partial charge in [0, 0.05) is 10.9 Å². The average molecular weight is 376 g/mol. The molecule has 3 aromatic rings. The number of nitrogens with one attached hydrogen (secondary N) is 1. The Kier molecular flexibility index (Phi) is 4.08. The van der Waals surface area contributed by atoms with Crippen LogP contribution in [0, 0.1) is 13.8 Å². The lowest BCUT2D eigenvalue weighted by Gasteiger charge is -2.08. The molecule has 8 nitrogen and oxygen atoms in total. The van der Waals surface area contributed by atoms with E-state index in [0.717, 1.165) is 33.1 Å². The minimum Gasteiger partial charge on any atom is -0.306 e. The molecule has 3 heterocycles. The molecule has 130 valence electrons. The largest absolute Gasteiger partial charge is 0.306 e. The van der Waals surface area contributed by atoms with Crippen molar-refractivity contribution in [2.24, 2.45) is 0 Å². The number of aryl methyl sites for hydroxylation is 2. The average Bonchev–Trinajstić information content (AvgIpc) is 3.25. The smallest absolute Gasteiger partial charge is 0.281 e. The van der Waals surface area contributed by atoms with Crippen molar-refractivity contribution in [3.63, 3.8) is 0 Å². The second-order valence-corrected chi connectivity index (χ2v) is 8.10. The molecule has 3 aromatic heterocycles. The third kappa shape index (κ3) is 3.07. The van der Waals surface area contributed by atoms with Gasteiger partial charge in [0.05, 0.1) is 11.1 Å². The van der Waals surface area contributed by atoms with E-state index >= 15 is 0 Å². The summed E-state index contributed by atoms with van der Waals surface area (Å²) in [5.74, 6) is -0.138. The Balaban J connectivity index is 1.48. The van der Waals surface area contributed by atoms with Crippen molar-refractivity contribution >= 4 is 39.2 Å². The van der Waals surface area contributed by atoms with Crippen LogP contribution in [0.3, 0.4) is 0 Å². The zero-order valence-corrected chi connectivity index (χ0v) is 15.4. The van der Waals surface area contributed by atoms with E-state index in [-0.39, 0.29) is 17.2 Å². The highest BCUT2D eigenvalue weighted by atomic mass is 32.2. The van der Waals surface area contributed by atoms with Gasteiger partial charge >= 0.3 is 0 Å². The number of rotatable bonds is 5. The Hall–Kier alpha value is -2.20. The quantitative estimate of drug-likeness (QED) is 0.683. The maximum atomic E-state index is 12.6. The summed E-state index contributed by atoms with van der Waals surface area (Å²) in [5, 5.41) is 9.23. The van der Waals surface area contributed by atoms with Crippen LogP contribution < -0.4 is 11.0 Å². The van der Waals surface area contributed by atoms with Crippen LogP contribution in [0.5, 0.6) is 0 Å². The molecule has 1 aliphatic carbocycles. The molecule has 0 saturated heterocycles. The molecule has 10 heteroatoms. The molecule has 0 atom stereocenters. The number of hydrogen-bond donors (Lipinski definition) is 1. The molecule has 25 heavy (non-hydrogen) atoms. The van der Waals surface area contributed by atoms with E-state index in [1.165, 1.54) is 29.4 Å². The normalized spacial score (nSPS) is 14.2. The fourth-order valence-corrected chi connectivity index (χ4v) is 4.31. The standard InChI is InChI=1S/C15H16N6O2S2/c1-8-9(2)25-13-12(8)14(23)21(6-16-13)19-11(22)5-24-15-18-17-7-20(15)10-3-4-10/h6-7,10H,3-5H2,1-2H3,(H,19,22). The number of fused-ring (bicyclic) bond motifs is 1. The second-order valence-electron chi connectivity index (χ2n) is 5.96. The summed E-state index contributed by atoms with van der Waals surface area (Å²) >= 11 is 2.79. The van der Waals surface area contributed by atoms with E-state index in [0.29, 0.717) is 16.3 Å². The summed E-state index contributed by atoms with van der Waals surface area (Å²) < 4.78 is 3.14. The van der Waals surface area contributed by atoms with Crippen LogP contribution in [0.1, 0.15) is 29.3 Å². The second kappa shape index (κ2) is 6.26. The molecule has 1 amide bonds. The summed E-state index contributed by atoms with van der Waals surface area (Å²) in [5.41, 5.74) is 3.25. The maximum absolute atomic E-state index is 12.6. The minimum absolute atomic E-state index is 0.150. The first-order valence-corrected chi connectivity index (χ1v) is 9.64.